The second-order valence-corrected chi connectivity index (χ2v) is 9.01. The molecule has 0 unspecified atom stereocenters. The van der Waals surface area contributed by atoms with Crippen molar-refractivity contribution in [1.29, 1.82) is 0 Å². The second-order valence-electron chi connectivity index (χ2n) is 9.01. The number of phenolic OH excluding ortho intramolecular Hbond substituents is 1. The highest BCUT2D eigenvalue weighted by Gasteiger charge is 2.27. The van der Waals surface area contributed by atoms with Gasteiger partial charge < -0.3 is 10.2 Å². The van der Waals surface area contributed by atoms with E-state index >= 15 is 0 Å². The summed E-state index contributed by atoms with van der Waals surface area (Å²) in [5.41, 5.74) is 1.83. The number of aromatic hydroxyl groups is 1. The number of rotatable bonds is 4. The van der Waals surface area contributed by atoms with Crippen molar-refractivity contribution in [2.75, 3.05) is 0 Å². The average Bonchev–Trinajstić information content (AvgIpc) is 2.57. The molecule has 28 heavy (non-hydrogen) atoms. The number of hydrogen-bond acceptors (Lipinski definition) is 3. The van der Waals surface area contributed by atoms with E-state index in [1.807, 2.05) is 41.5 Å². The van der Waals surface area contributed by atoms with Crippen LogP contribution in [0.3, 0.4) is 0 Å². The first-order valence-electron chi connectivity index (χ1n) is 9.25. The van der Waals surface area contributed by atoms with E-state index in [9.17, 15) is 19.8 Å². The lowest BCUT2D eigenvalue weighted by Crippen LogP contribution is -2.18. The van der Waals surface area contributed by atoms with Crippen LogP contribution >= 0.6 is 0 Å². The molecular weight excluding hydrogens is 352 g/mol. The Morgan fingerprint density at radius 1 is 0.893 bits per heavy atom. The summed E-state index contributed by atoms with van der Waals surface area (Å²) in [4.78, 5) is 24.2. The largest absolute Gasteiger partial charge is 0.507 e. The molecule has 0 aliphatic heterocycles. The van der Waals surface area contributed by atoms with E-state index in [1.165, 1.54) is 18.2 Å². The molecule has 2 aromatic rings. The van der Waals surface area contributed by atoms with Crippen LogP contribution in [-0.2, 0) is 10.8 Å². The lowest BCUT2D eigenvalue weighted by molar-refractivity contribution is 0.0696. The van der Waals surface area contributed by atoms with Crippen molar-refractivity contribution in [3.63, 3.8) is 0 Å². The van der Waals surface area contributed by atoms with E-state index in [1.54, 1.807) is 30.3 Å². The number of phenols is 1. The van der Waals surface area contributed by atoms with Crippen LogP contribution in [0.5, 0.6) is 5.75 Å². The molecule has 0 saturated heterocycles. The molecule has 0 heterocycles. The van der Waals surface area contributed by atoms with Crippen molar-refractivity contribution < 1.29 is 19.8 Å². The molecule has 0 radical (unpaired) electrons. The first kappa shape index (κ1) is 21.4. The average molecular weight is 380 g/mol. The third-order valence-corrected chi connectivity index (χ3v) is 4.62. The minimum atomic E-state index is -1.04. The van der Waals surface area contributed by atoms with Gasteiger partial charge >= 0.3 is 5.97 Å². The fourth-order valence-corrected chi connectivity index (χ4v) is 3.02. The molecule has 2 aromatic carbocycles. The first-order valence-corrected chi connectivity index (χ1v) is 9.25. The summed E-state index contributed by atoms with van der Waals surface area (Å²) in [5.74, 6) is -1.06. The predicted molar refractivity (Wildman–Crippen MR) is 112 cm³/mol. The Balaban J connectivity index is 2.53. The molecule has 0 aromatic heterocycles. The Morgan fingerprint density at radius 2 is 1.39 bits per heavy atom. The molecular formula is C24H28O4. The molecule has 4 heteroatoms. The zero-order valence-corrected chi connectivity index (χ0v) is 17.3. The summed E-state index contributed by atoms with van der Waals surface area (Å²) in [6.45, 7) is 11.9. The maximum atomic E-state index is 12.9. The van der Waals surface area contributed by atoms with Gasteiger partial charge in [0.15, 0.2) is 5.78 Å². The van der Waals surface area contributed by atoms with Gasteiger partial charge in [-0.3, -0.25) is 4.79 Å². The number of hydrogen-bond donors (Lipinski definition) is 2. The van der Waals surface area contributed by atoms with E-state index in [4.69, 9.17) is 0 Å². The highest BCUT2D eigenvalue weighted by Crippen LogP contribution is 2.39. The SMILES string of the molecule is CC(C)(C)c1cc(C(=O)C=Cc2ccccc2C(=O)O)cc(C(C)(C)C)c1O. The minimum absolute atomic E-state index is 0.142. The van der Waals surface area contributed by atoms with Crippen LogP contribution in [0.25, 0.3) is 6.08 Å². The standard InChI is InChI=1S/C24H28O4/c1-23(2,3)18-13-16(14-19(21(18)26)24(4,5)6)20(25)12-11-15-9-7-8-10-17(15)22(27)28/h7-14,26H,1-6H3,(H,27,28). The van der Waals surface area contributed by atoms with E-state index in [0.717, 1.165) is 0 Å². The zero-order chi connectivity index (χ0) is 21.3. The third-order valence-electron chi connectivity index (χ3n) is 4.62. The number of carboxylic acids is 1. The van der Waals surface area contributed by atoms with Crippen molar-refractivity contribution in [2.45, 2.75) is 52.4 Å². The Bertz CT molecular complexity index is 903. The molecule has 0 aliphatic rings. The van der Waals surface area contributed by atoms with Gasteiger partial charge in [-0.25, -0.2) is 4.79 Å². The number of carbonyl (C=O) groups is 2. The van der Waals surface area contributed by atoms with Crippen LogP contribution in [0.15, 0.2) is 42.5 Å². The van der Waals surface area contributed by atoms with Gasteiger partial charge in [0.05, 0.1) is 5.56 Å². The van der Waals surface area contributed by atoms with Crippen molar-refractivity contribution in [3.05, 3.63) is 70.3 Å². The lowest BCUT2D eigenvalue weighted by Gasteiger charge is -2.27. The molecule has 148 valence electrons. The Hall–Kier alpha value is -2.88. The fraction of sp³-hybridized carbons (Fsp3) is 0.333. The molecule has 4 nitrogen and oxygen atoms in total. The predicted octanol–water partition coefficient (Wildman–Crippen LogP) is 5.58. The number of ketones is 1. The second kappa shape index (κ2) is 7.63. The van der Waals surface area contributed by atoms with Crippen molar-refractivity contribution in [1.82, 2.24) is 0 Å². The highest BCUT2D eigenvalue weighted by atomic mass is 16.4. The number of allylic oxidation sites excluding steroid dienone is 1. The van der Waals surface area contributed by atoms with Gasteiger partial charge in [-0.05, 0) is 40.7 Å². The molecule has 0 bridgehead atoms. The van der Waals surface area contributed by atoms with Gasteiger partial charge in [0.2, 0.25) is 0 Å². The van der Waals surface area contributed by atoms with Crippen molar-refractivity contribution in [2.24, 2.45) is 0 Å². The van der Waals surface area contributed by atoms with Crippen LogP contribution in [-0.4, -0.2) is 22.0 Å². The molecule has 0 spiro atoms. The van der Waals surface area contributed by atoms with Crippen LogP contribution in [0, 0.1) is 0 Å². The highest BCUT2D eigenvalue weighted by molar-refractivity contribution is 6.08. The van der Waals surface area contributed by atoms with E-state index in [0.29, 0.717) is 22.3 Å². The van der Waals surface area contributed by atoms with Gasteiger partial charge in [0.25, 0.3) is 0 Å². The molecule has 0 atom stereocenters. The van der Waals surface area contributed by atoms with Gasteiger partial charge in [-0.1, -0.05) is 65.8 Å². The number of carboxylic acid groups (broad SMARTS) is 1. The van der Waals surface area contributed by atoms with E-state index in [2.05, 4.69) is 0 Å². The van der Waals surface area contributed by atoms with Crippen LogP contribution in [0.4, 0.5) is 0 Å². The van der Waals surface area contributed by atoms with Gasteiger partial charge in [-0.15, -0.1) is 0 Å². The zero-order valence-electron chi connectivity index (χ0n) is 17.3. The van der Waals surface area contributed by atoms with Crippen molar-refractivity contribution in [3.8, 4) is 5.75 Å². The maximum Gasteiger partial charge on any atom is 0.336 e. The third kappa shape index (κ3) is 4.69. The van der Waals surface area contributed by atoms with E-state index < -0.39 is 5.97 Å². The normalized spacial score (nSPS) is 12.4. The van der Waals surface area contributed by atoms with Crippen LogP contribution in [0.2, 0.25) is 0 Å². The number of carbonyl (C=O) groups excluding carboxylic acids is 1. The first-order chi connectivity index (χ1) is 12.8. The van der Waals surface area contributed by atoms with Gasteiger partial charge in [0, 0.05) is 16.7 Å². The molecule has 0 amide bonds. The fourth-order valence-electron chi connectivity index (χ4n) is 3.02. The summed E-state index contributed by atoms with van der Waals surface area (Å²) < 4.78 is 0. The van der Waals surface area contributed by atoms with E-state index in [-0.39, 0.29) is 27.9 Å². The molecule has 2 rings (SSSR count). The minimum Gasteiger partial charge on any atom is -0.507 e. The summed E-state index contributed by atoms with van der Waals surface area (Å²) in [5, 5.41) is 20.1. The molecule has 0 aliphatic carbocycles. The number of aromatic carboxylic acids is 1. The Morgan fingerprint density at radius 3 is 1.86 bits per heavy atom. The topological polar surface area (TPSA) is 74.6 Å². The van der Waals surface area contributed by atoms with Crippen LogP contribution < -0.4 is 0 Å². The smallest absolute Gasteiger partial charge is 0.336 e. The van der Waals surface area contributed by atoms with Gasteiger partial charge in [-0.2, -0.15) is 0 Å². The molecule has 0 saturated carbocycles. The Kier molecular flexibility index (Phi) is 5.83. The molecule has 0 fully saturated rings. The van der Waals surface area contributed by atoms with Crippen molar-refractivity contribution >= 4 is 17.8 Å². The Labute approximate surface area is 166 Å². The quantitative estimate of drug-likeness (QED) is 0.536. The molecule has 2 N–H and O–H groups in total. The monoisotopic (exact) mass is 380 g/mol. The lowest BCUT2D eigenvalue weighted by atomic mass is 9.78. The summed E-state index contributed by atoms with van der Waals surface area (Å²) >= 11 is 0. The summed E-state index contributed by atoms with van der Waals surface area (Å²) in [6.07, 6.45) is 2.90. The summed E-state index contributed by atoms with van der Waals surface area (Å²) in [6, 6.07) is 9.98. The van der Waals surface area contributed by atoms with Crippen LogP contribution in [0.1, 0.15) is 78.9 Å². The van der Waals surface area contributed by atoms with Gasteiger partial charge in [0.1, 0.15) is 5.75 Å². The maximum absolute atomic E-state index is 12.9. The summed E-state index contributed by atoms with van der Waals surface area (Å²) in [7, 11) is 0. The number of benzene rings is 2.